The topological polar surface area (TPSA) is 58.3 Å². The predicted octanol–water partition coefficient (Wildman–Crippen LogP) is 4.60. The van der Waals surface area contributed by atoms with Gasteiger partial charge in [-0.3, -0.25) is 4.68 Å². The smallest absolute Gasteiger partial charge is 0.115 e. The van der Waals surface area contributed by atoms with Gasteiger partial charge in [-0.2, -0.15) is 5.10 Å². The van der Waals surface area contributed by atoms with Gasteiger partial charge >= 0.3 is 0 Å². The van der Waals surface area contributed by atoms with Gasteiger partial charge in [0.25, 0.3) is 0 Å². The van der Waals surface area contributed by atoms with Crippen molar-refractivity contribution in [3.8, 4) is 34.0 Å². The zero-order valence-corrected chi connectivity index (χ0v) is 14.0. The minimum Gasteiger partial charge on any atom is -0.508 e. The lowest BCUT2D eigenvalue weighted by molar-refractivity contribution is 0.475. The van der Waals surface area contributed by atoms with E-state index in [2.05, 4.69) is 13.8 Å². The maximum absolute atomic E-state index is 9.57. The summed E-state index contributed by atoms with van der Waals surface area (Å²) in [6.07, 6.45) is 1.94. The number of aryl methyl sites for hydroxylation is 1. The van der Waals surface area contributed by atoms with Crippen LogP contribution in [0.1, 0.15) is 25.8 Å². The Kier molecular flexibility index (Phi) is 4.56. The molecule has 0 aliphatic rings. The lowest BCUT2D eigenvalue weighted by atomic mass is 9.98. The van der Waals surface area contributed by atoms with Gasteiger partial charge in [0.2, 0.25) is 0 Å². The van der Waals surface area contributed by atoms with Crippen LogP contribution in [0.3, 0.4) is 0 Å². The van der Waals surface area contributed by atoms with E-state index in [0.29, 0.717) is 0 Å². The summed E-state index contributed by atoms with van der Waals surface area (Å²) < 4.78 is 2.01. The first-order valence-electron chi connectivity index (χ1n) is 8.32. The molecular weight excluding hydrogens is 300 g/mol. The molecule has 2 aromatic carbocycles. The van der Waals surface area contributed by atoms with Crippen LogP contribution in [0.15, 0.2) is 48.5 Å². The molecule has 4 heteroatoms. The summed E-state index contributed by atoms with van der Waals surface area (Å²) in [6, 6.07) is 14.5. The van der Waals surface area contributed by atoms with Crippen molar-refractivity contribution < 1.29 is 10.2 Å². The van der Waals surface area contributed by atoms with Crippen molar-refractivity contribution in [2.24, 2.45) is 0 Å². The summed E-state index contributed by atoms with van der Waals surface area (Å²) in [5.74, 6) is 0.515. The first-order valence-corrected chi connectivity index (χ1v) is 8.32. The molecule has 2 N–H and O–H groups in total. The highest BCUT2D eigenvalue weighted by Crippen LogP contribution is 2.34. The highest BCUT2D eigenvalue weighted by atomic mass is 16.3. The van der Waals surface area contributed by atoms with E-state index >= 15 is 0 Å². The van der Waals surface area contributed by atoms with Crippen LogP contribution in [0, 0.1) is 0 Å². The molecule has 24 heavy (non-hydrogen) atoms. The third-order valence-electron chi connectivity index (χ3n) is 4.13. The number of phenolic OH excluding ortho intramolecular Hbond substituents is 2. The average Bonchev–Trinajstić information content (AvgIpc) is 2.95. The van der Waals surface area contributed by atoms with E-state index < -0.39 is 0 Å². The monoisotopic (exact) mass is 322 g/mol. The Morgan fingerprint density at radius 3 is 1.88 bits per heavy atom. The SMILES string of the molecule is CCCc1c(-c2ccc(O)cc2)nn(CC)c1-c1ccc(O)cc1. The molecule has 0 fully saturated rings. The molecular formula is C20H22N2O2. The van der Waals surface area contributed by atoms with Crippen LogP contribution in [-0.4, -0.2) is 20.0 Å². The van der Waals surface area contributed by atoms with Crippen LogP contribution in [0.25, 0.3) is 22.5 Å². The van der Waals surface area contributed by atoms with Gasteiger partial charge in [-0.1, -0.05) is 13.3 Å². The molecule has 0 saturated carbocycles. The van der Waals surface area contributed by atoms with Gasteiger partial charge in [-0.25, -0.2) is 0 Å². The zero-order chi connectivity index (χ0) is 17.1. The molecule has 0 atom stereocenters. The second-order valence-corrected chi connectivity index (χ2v) is 5.84. The first-order chi connectivity index (χ1) is 11.6. The largest absolute Gasteiger partial charge is 0.508 e. The molecule has 0 unspecified atom stereocenters. The molecule has 3 aromatic rings. The van der Waals surface area contributed by atoms with Crippen LogP contribution in [0.2, 0.25) is 0 Å². The Balaban J connectivity index is 2.20. The van der Waals surface area contributed by atoms with Crippen molar-refractivity contribution in [2.45, 2.75) is 33.2 Å². The number of benzene rings is 2. The molecule has 3 rings (SSSR count). The third-order valence-corrected chi connectivity index (χ3v) is 4.13. The van der Waals surface area contributed by atoms with Crippen molar-refractivity contribution in [1.82, 2.24) is 9.78 Å². The van der Waals surface area contributed by atoms with Crippen molar-refractivity contribution in [3.63, 3.8) is 0 Å². The molecule has 124 valence electrons. The van der Waals surface area contributed by atoms with Crippen molar-refractivity contribution in [1.29, 1.82) is 0 Å². The Morgan fingerprint density at radius 1 is 0.833 bits per heavy atom. The number of aromatic nitrogens is 2. The van der Waals surface area contributed by atoms with E-state index in [1.807, 2.05) is 28.9 Å². The minimum atomic E-state index is 0.254. The van der Waals surface area contributed by atoms with E-state index in [4.69, 9.17) is 5.10 Å². The third kappa shape index (κ3) is 3.00. The molecule has 0 aliphatic heterocycles. The van der Waals surface area contributed by atoms with E-state index in [9.17, 15) is 10.2 Å². The second kappa shape index (κ2) is 6.79. The lowest BCUT2D eigenvalue weighted by Gasteiger charge is -2.08. The first kappa shape index (κ1) is 16.1. The van der Waals surface area contributed by atoms with Crippen LogP contribution >= 0.6 is 0 Å². The quantitative estimate of drug-likeness (QED) is 0.721. The molecule has 0 spiro atoms. The number of phenols is 2. The maximum atomic E-state index is 9.57. The molecule has 0 saturated heterocycles. The van der Waals surface area contributed by atoms with Crippen LogP contribution < -0.4 is 0 Å². The predicted molar refractivity (Wildman–Crippen MR) is 96.1 cm³/mol. The Hall–Kier alpha value is -2.75. The fraction of sp³-hybridized carbons (Fsp3) is 0.250. The van der Waals surface area contributed by atoms with Gasteiger partial charge in [0.1, 0.15) is 11.5 Å². The number of hydrogen-bond donors (Lipinski definition) is 2. The summed E-state index contributed by atoms with van der Waals surface area (Å²) in [5, 5.41) is 23.9. The molecule has 0 bridgehead atoms. The number of rotatable bonds is 5. The molecule has 4 nitrogen and oxygen atoms in total. The Bertz CT molecular complexity index is 818. The minimum absolute atomic E-state index is 0.254. The highest BCUT2D eigenvalue weighted by Gasteiger charge is 2.19. The summed E-state index contributed by atoms with van der Waals surface area (Å²) in [7, 11) is 0. The van der Waals surface area contributed by atoms with Crippen LogP contribution in [0.5, 0.6) is 11.5 Å². The normalized spacial score (nSPS) is 10.9. The molecule has 0 radical (unpaired) electrons. The van der Waals surface area contributed by atoms with Gasteiger partial charge in [-0.15, -0.1) is 0 Å². The van der Waals surface area contributed by atoms with E-state index in [-0.39, 0.29) is 11.5 Å². The Morgan fingerprint density at radius 2 is 1.38 bits per heavy atom. The van der Waals surface area contributed by atoms with Crippen LogP contribution in [-0.2, 0) is 13.0 Å². The van der Waals surface area contributed by atoms with Crippen molar-refractivity contribution >= 4 is 0 Å². The second-order valence-electron chi connectivity index (χ2n) is 5.84. The summed E-state index contributed by atoms with van der Waals surface area (Å²) >= 11 is 0. The fourth-order valence-corrected chi connectivity index (χ4v) is 3.01. The molecule has 1 aromatic heterocycles. The fourth-order valence-electron chi connectivity index (χ4n) is 3.01. The molecule has 0 amide bonds. The molecule has 0 aliphatic carbocycles. The van der Waals surface area contributed by atoms with Gasteiger partial charge in [0.15, 0.2) is 0 Å². The van der Waals surface area contributed by atoms with Crippen molar-refractivity contribution in [3.05, 3.63) is 54.1 Å². The Labute approximate surface area is 142 Å². The number of hydrogen-bond acceptors (Lipinski definition) is 3. The molecule has 1 heterocycles. The average molecular weight is 322 g/mol. The zero-order valence-electron chi connectivity index (χ0n) is 14.0. The lowest BCUT2D eigenvalue weighted by Crippen LogP contribution is -2.00. The van der Waals surface area contributed by atoms with Gasteiger partial charge in [0, 0.05) is 23.2 Å². The van der Waals surface area contributed by atoms with Gasteiger partial charge < -0.3 is 10.2 Å². The van der Waals surface area contributed by atoms with Crippen molar-refractivity contribution in [2.75, 3.05) is 0 Å². The number of aromatic hydroxyl groups is 2. The highest BCUT2D eigenvalue weighted by molar-refractivity contribution is 5.75. The number of nitrogens with zero attached hydrogens (tertiary/aromatic N) is 2. The van der Waals surface area contributed by atoms with Crippen LogP contribution in [0.4, 0.5) is 0 Å². The van der Waals surface area contributed by atoms with E-state index in [1.54, 1.807) is 24.3 Å². The summed E-state index contributed by atoms with van der Waals surface area (Å²) in [5.41, 5.74) is 5.32. The summed E-state index contributed by atoms with van der Waals surface area (Å²) in [4.78, 5) is 0. The summed E-state index contributed by atoms with van der Waals surface area (Å²) in [6.45, 7) is 5.00. The maximum Gasteiger partial charge on any atom is 0.115 e. The van der Waals surface area contributed by atoms with Gasteiger partial charge in [-0.05, 0) is 61.9 Å². The standard InChI is InChI=1S/C20H22N2O2/c1-3-5-18-19(14-6-10-16(23)11-7-14)21-22(4-2)20(18)15-8-12-17(24)13-9-15/h6-13,23-24H,3-5H2,1-2H3. The van der Waals surface area contributed by atoms with E-state index in [1.165, 1.54) is 5.56 Å². The van der Waals surface area contributed by atoms with Gasteiger partial charge in [0.05, 0.1) is 11.4 Å². The van der Waals surface area contributed by atoms with E-state index in [0.717, 1.165) is 41.9 Å².